The Kier molecular flexibility index (Phi) is 4.80. The molecule has 24 heavy (non-hydrogen) atoms. The van der Waals surface area contributed by atoms with Crippen LogP contribution in [-0.4, -0.2) is 53.7 Å². The van der Waals surface area contributed by atoms with Crippen molar-refractivity contribution in [3.63, 3.8) is 0 Å². The van der Waals surface area contributed by atoms with E-state index in [2.05, 4.69) is 0 Å². The second-order valence-corrected chi connectivity index (χ2v) is 7.09. The molecule has 6 nitrogen and oxygen atoms in total. The van der Waals surface area contributed by atoms with Gasteiger partial charge in [0.15, 0.2) is 0 Å². The van der Waals surface area contributed by atoms with Gasteiger partial charge >= 0.3 is 5.97 Å². The van der Waals surface area contributed by atoms with E-state index >= 15 is 0 Å². The predicted octanol–water partition coefficient (Wildman–Crippen LogP) is 1.69. The maximum Gasteiger partial charge on any atom is 0.308 e. The first-order valence-corrected chi connectivity index (χ1v) is 9.18. The molecular formula is C17H20N2O4S. The van der Waals surface area contributed by atoms with Crippen LogP contribution in [0.15, 0.2) is 29.2 Å². The number of hydrogen-bond donors (Lipinski definition) is 1. The fourth-order valence-corrected chi connectivity index (χ4v) is 3.71. The summed E-state index contributed by atoms with van der Waals surface area (Å²) in [4.78, 5) is 40.3. The van der Waals surface area contributed by atoms with Crippen molar-refractivity contribution in [3.8, 4) is 0 Å². The molecule has 2 amide bonds. The summed E-state index contributed by atoms with van der Waals surface area (Å²) in [6.45, 7) is 1.08. The standard InChI is InChI=1S/C17H20N2O4S/c1-24-14-4-2-13(3-5-14)19-10-12(8-15(19)20)16(21)18-7-6-11(9-18)17(22)23/h2-5,11-12H,6-10H2,1H3,(H,22,23). The van der Waals surface area contributed by atoms with Gasteiger partial charge in [0.05, 0.1) is 11.8 Å². The van der Waals surface area contributed by atoms with Gasteiger partial charge in [-0.1, -0.05) is 0 Å². The summed E-state index contributed by atoms with van der Waals surface area (Å²) in [5.41, 5.74) is 0.804. The molecule has 0 aliphatic carbocycles. The highest BCUT2D eigenvalue weighted by atomic mass is 32.2. The Labute approximate surface area is 144 Å². The van der Waals surface area contributed by atoms with E-state index in [9.17, 15) is 14.4 Å². The van der Waals surface area contributed by atoms with Gasteiger partial charge in [-0.05, 0) is 36.9 Å². The quantitative estimate of drug-likeness (QED) is 0.838. The molecule has 0 aromatic heterocycles. The lowest BCUT2D eigenvalue weighted by Gasteiger charge is -2.21. The minimum atomic E-state index is -0.858. The van der Waals surface area contributed by atoms with Gasteiger partial charge in [-0.15, -0.1) is 11.8 Å². The van der Waals surface area contributed by atoms with Crippen LogP contribution in [0.2, 0.25) is 0 Å². The smallest absolute Gasteiger partial charge is 0.308 e. The molecule has 2 heterocycles. The number of anilines is 1. The van der Waals surface area contributed by atoms with Gasteiger partial charge in [0, 0.05) is 36.6 Å². The summed E-state index contributed by atoms with van der Waals surface area (Å²) >= 11 is 1.63. The van der Waals surface area contributed by atoms with Crippen LogP contribution in [0.3, 0.4) is 0 Å². The van der Waals surface area contributed by atoms with Crippen molar-refractivity contribution in [2.45, 2.75) is 17.7 Å². The molecule has 1 aromatic carbocycles. The zero-order valence-corrected chi connectivity index (χ0v) is 14.3. The number of amides is 2. The van der Waals surface area contributed by atoms with E-state index in [1.54, 1.807) is 21.6 Å². The van der Waals surface area contributed by atoms with Crippen LogP contribution in [0.1, 0.15) is 12.8 Å². The normalized spacial score (nSPS) is 23.8. The Morgan fingerprint density at radius 2 is 1.88 bits per heavy atom. The number of nitrogens with zero attached hydrogens (tertiary/aromatic N) is 2. The van der Waals surface area contributed by atoms with Crippen molar-refractivity contribution in [1.29, 1.82) is 0 Å². The number of benzene rings is 1. The van der Waals surface area contributed by atoms with Crippen LogP contribution in [0, 0.1) is 11.8 Å². The maximum absolute atomic E-state index is 12.6. The third-order valence-corrected chi connectivity index (χ3v) is 5.45. The van der Waals surface area contributed by atoms with E-state index in [1.807, 2.05) is 30.5 Å². The largest absolute Gasteiger partial charge is 0.481 e. The summed E-state index contributed by atoms with van der Waals surface area (Å²) in [6, 6.07) is 7.71. The van der Waals surface area contributed by atoms with Crippen LogP contribution in [0.5, 0.6) is 0 Å². The number of carboxylic acids is 1. The molecule has 1 N–H and O–H groups in total. The monoisotopic (exact) mass is 348 g/mol. The third-order valence-electron chi connectivity index (χ3n) is 4.71. The van der Waals surface area contributed by atoms with E-state index in [0.29, 0.717) is 19.5 Å². The zero-order chi connectivity index (χ0) is 17.3. The first-order chi connectivity index (χ1) is 11.5. The lowest BCUT2D eigenvalue weighted by molar-refractivity contribution is -0.141. The second kappa shape index (κ2) is 6.84. The topological polar surface area (TPSA) is 77.9 Å². The Hall–Kier alpha value is -2.02. The fourth-order valence-electron chi connectivity index (χ4n) is 3.30. The van der Waals surface area contributed by atoms with Gasteiger partial charge in [-0.3, -0.25) is 14.4 Å². The number of aliphatic carboxylic acids is 1. The first-order valence-electron chi connectivity index (χ1n) is 7.95. The molecule has 0 radical (unpaired) electrons. The predicted molar refractivity (Wildman–Crippen MR) is 91.0 cm³/mol. The van der Waals surface area contributed by atoms with Crippen molar-refractivity contribution >= 4 is 35.2 Å². The van der Waals surface area contributed by atoms with E-state index in [1.165, 1.54) is 0 Å². The maximum atomic E-state index is 12.6. The first kappa shape index (κ1) is 16.8. The Morgan fingerprint density at radius 3 is 2.46 bits per heavy atom. The van der Waals surface area contributed by atoms with Crippen molar-refractivity contribution in [2.24, 2.45) is 11.8 Å². The highest BCUT2D eigenvalue weighted by Crippen LogP contribution is 2.29. The summed E-state index contributed by atoms with van der Waals surface area (Å²) < 4.78 is 0. The lowest BCUT2D eigenvalue weighted by atomic mass is 10.1. The summed E-state index contributed by atoms with van der Waals surface area (Å²) in [5, 5.41) is 9.05. The number of likely N-dealkylation sites (tertiary alicyclic amines) is 1. The molecule has 0 saturated carbocycles. The molecule has 1 aromatic rings. The van der Waals surface area contributed by atoms with E-state index in [4.69, 9.17) is 5.11 Å². The van der Waals surface area contributed by atoms with Gasteiger partial charge in [0.2, 0.25) is 11.8 Å². The number of rotatable bonds is 4. The van der Waals surface area contributed by atoms with Gasteiger partial charge in [0.25, 0.3) is 0 Å². The minimum Gasteiger partial charge on any atom is -0.481 e. The highest BCUT2D eigenvalue weighted by Gasteiger charge is 2.40. The van der Waals surface area contributed by atoms with Gasteiger partial charge < -0.3 is 14.9 Å². The van der Waals surface area contributed by atoms with Crippen LogP contribution in [-0.2, 0) is 14.4 Å². The van der Waals surface area contributed by atoms with Crippen molar-refractivity contribution in [2.75, 3.05) is 30.8 Å². The van der Waals surface area contributed by atoms with Crippen LogP contribution < -0.4 is 4.90 Å². The van der Waals surface area contributed by atoms with Crippen LogP contribution in [0.25, 0.3) is 0 Å². The minimum absolute atomic E-state index is 0.0563. The Balaban J connectivity index is 1.65. The van der Waals surface area contributed by atoms with Crippen molar-refractivity contribution in [3.05, 3.63) is 24.3 Å². The molecule has 2 unspecified atom stereocenters. The SMILES string of the molecule is CSc1ccc(N2CC(C(=O)N3CCC(C(=O)O)C3)CC2=O)cc1. The molecule has 7 heteroatoms. The second-order valence-electron chi connectivity index (χ2n) is 6.21. The molecule has 0 spiro atoms. The number of thioether (sulfide) groups is 1. The summed E-state index contributed by atoms with van der Waals surface area (Å²) in [7, 11) is 0. The van der Waals surface area contributed by atoms with E-state index < -0.39 is 11.9 Å². The molecule has 2 aliphatic rings. The molecule has 2 saturated heterocycles. The van der Waals surface area contributed by atoms with E-state index in [0.717, 1.165) is 10.6 Å². The number of carbonyl (C=O) groups is 3. The highest BCUT2D eigenvalue weighted by molar-refractivity contribution is 7.98. The Morgan fingerprint density at radius 1 is 1.17 bits per heavy atom. The van der Waals surface area contributed by atoms with Crippen LogP contribution in [0.4, 0.5) is 5.69 Å². The molecule has 128 valence electrons. The fraction of sp³-hybridized carbons (Fsp3) is 0.471. The average Bonchev–Trinajstić information content (AvgIpc) is 3.21. The van der Waals surface area contributed by atoms with E-state index in [-0.39, 0.29) is 30.7 Å². The van der Waals surface area contributed by atoms with Gasteiger partial charge in [0.1, 0.15) is 0 Å². The molecule has 2 atom stereocenters. The lowest BCUT2D eigenvalue weighted by Crippen LogP contribution is -2.36. The summed E-state index contributed by atoms with van der Waals surface area (Å²) in [5.74, 6) is -1.88. The molecule has 3 rings (SSSR count). The molecule has 0 bridgehead atoms. The molecule has 2 aliphatic heterocycles. The Bertz CT molecular complexity index is 661. The van der Waals surface area contributed by atoms with Gasteiger partial charge in [-0.25, -0.2) is 0 Å². The van der Waals surface area contributed by atoms with Crippen molar-refractivity contribution in [1.82, 2.24) is 4.90 Å². The zero-order valence-electron chi connectivity index (χ0n) is 13.5. The van der Waals surface area contributed by atoms with Crippen LogP contribution >= 0.6 is 11.8 Å². The van der Waals surface area contributed by atoms with Gasteiger partial charge in [-0.2, -0.15) is 0 Å². The molecular weight excluding hydrogens is 328 g/mol. The summed E-state index contributed by atoms with van der Waals surface area (Å²) in [6.07, 6.45) is 2.67. The average molecular weight is 348 g/mol. The number of carboxylic acid groups (broad SMARTS) is 1. The number of hydrogen-bond acceptors (Lipinski definition) is 4. The third kappa shape index (κ3) is 3.26. The van der Waals surface area contributed by atoms with Crippen molar-refractivity contribution < 1.29 is 19.5 Å². The number of carbonyl (C=O) groups excluding carboxylic acids is 2. The molecule has 2 fully saturated rings.